The minimum atomic E-state index is -0.164. The summed E-state index contributed by atoms with van der Waals surface area (Å²) >= 11 is 0. The molecule has 3 heteroatoms. The van der Waals surface area contributed by atoms with Crippen LogP contribution in [0.25, 0.3) is 10.9 Å². The van der Waals surface area contributed by atoms with E-state index in [0.29, 0.717) is 5.39 Å². The Bertz CT molecular complexity index is 625. The van der Waals surface area contributed by atoms with Crippen LogP contribution in [0, 0.1) is 0 Å². The van der Waals surface area contributed by atoms with Gasteiger partial charge < -0.3 is 9.72 Å². The lowest BCUT2D eigenvalue weighted by Gasteiger charge is -2.16. The molecule has 1 aliphatic heterocycles. The number of hydrogen-bond acceptors (Lipinski definition) is 2. The van der Waals surface area contributed by atoms with Gasteiger partial charge in [0.15, 0.2) is 5.43 Å². The minimum absolute atomic E-state index is 0.0323. The average Bonchev–Trinajstić information content (AvgIpc) is 2.48. The summed E-state index contributed by atoms with van der Waals surface area (Å²) in [6.07, 6.45) is 2.56. The molecule has 3 rings (SSSR count). The fraction of sp³-hybridized carbons (Fsp3) is 0.308. The SMILES string of the molecule is CC1(C)Cc2cc3[nH]ccc(=O)c3cc2O1. The molecule has 1 aromatic heterocycles. The van der Waals surface area contributed by atoms with E-state index in [1.807, 2.05) is 12.1 Å². The highest BCUT2D eigenvalue weighted by Crippen LogP contribution is 2.36. The molecule has 16 heavy (non-hydrogen) atoms. The molecule has 1 aromatic carbocycles. The third kappa shape index (κ3) is 1.32. The largest absolute Gasteiger partial charge is 0.487 e. The quantitative estimate of drug-likeness (QED) is 0.732. The number of benzene rings is 1. The molecule has 0 atom stereocenters. The molecule has 0 unspecified atom stereocenters. The van der Waals surface area contributed by atoms with Crippen molar-refractivity contribution in [3.8, 4) is 5.75 Å². The lowest BCUT2D eigenvalue weighted by Crippen LogP contribution is -2.24. The molecule has 2 heterocycles. The van der Waals surface area contributed by atoms with Crippen LogP contribution in [0.1, 0.15) is 19.4 Å². The lowest BCUT2D eigenvalue weighted by atomic mass is 10.0. The summed E-state index contributed by atoms with van der Waals surface area (Å²) in [6, 6.07) is 5.40. The summed E-state index contributed by atoms with van der Waals surface area (Å²) in [5.41, 5.74) is 1.92. The molecular weight excluding hydrogens is 202 g/mol. The number of aromatic nitrogens is 1. The number of ether oxygens (including phenoxy) is 1. The zero-order valence-electron chi connectivity index (χ0n) is 9.33. The van der Waals surface area contributed by atoms with E-state index in [2.05, 4.69) is 18.8 Å². The normalized spacial score (nSPS) is 17.1. The van der Waals surface area contributed by atoms with Crippen molar-refractivity contribution in [2.45, 2.75) is 25.9 Å². The van der Waals surface area contributed by atoms with E-state index < -0.39 is 0 Å². The monoisotopic (exact) mass is 215 g/mol. The van der Waals surface area contributed by atoms with E-state index in [9.17, 15) is 4.79 Å². The third-order valence-electron chi connectivity index (χ3n) is 2.94. The van der Waals surface area contributed by atoms with E-state index in [1.54, 1.807) is 6.20 Å². The number of nitrogens with one attached hydrogen (secondary N) is 1. The van der Waals surface area contributed by atoms with Crippen LogP contribution in [0.3, 0.4) is 0 Å². The predicted molar refractivity (Wildman–Crippen MR) is 63.0 cm³/mol. The maximum atomic E-state index is 11.7. The molecule has 82 valence electrons. The number of pyridine rings is 1. The first-order valence-electron chi connectivity index (χ1n) is 5.38. The third-order valence-corrected chi connectivity index (χ3v) is 2.94. The van der Waals surface area contributed by atoms with Crippen molar-refractivity contribution in [1.29, 1.82) is 0 Å². The number of aromatic amines is 1. The molecule has 1 aliphatic rings. The van der Waals surface area contributed by atoms with Crippen molar-refractivity contribution < 1.29 is 4.74 Å². The van der Waals surface area contributed by atoms with Gasteiger partial charge in [-0.1, -0.05) is 0 Å². The van der Waals surface area contributed by atoms with Gasteiger partial charge in [-0.2, -0.15) is 0 Å². The summed E-state index contributed by atoms with van der Waals surface area (Å²) in [4.78, 5) is 14.8. The van der Waals surface area contributed by atoms with Crippen LogP contribution in [0.15, 0.2) is 29.2 Å². The highest BCUT2D eigenvalue weighted by molar-refractivity contribution is 5.81. The molecule has 0 radical (unpaired) electrons. The van der Waals surface area contributed by atoms with Gasteiger partial charge in [0.1, 0.15) is 11.4 Å². The van der Waals surface area contributed by atoms with Gasteiger partial charge in [-0.3, -0.25) is 4.79 Å². The van der Waals surface area contributed by atoms with Crippen molar-refractivity contribution >= 4 is 10.9 Å². The fourth-order valence-electron chi connectivity index (χ4n) is 2.27. The first-order chi connectivity index (χ1) is 7.55. The molecule has 0 saturated heterocycles. The Balaban J connectivity index is 2.30. The molecule has 2 aromatic rings. The zero-order chi connectivity index (χ0) is 11.3. The number of H-pyrrole nitrogens is 1. The van der Waals surface area contributed by atoms with Gasteiger partial charge in [-0.15, -0.1) is 0 Å². The Morgan fingerprint density at radius 2 is 2.19 bits per heavy atom. The van der Waals surface area contributed by atoms with Gasteiger partial charge in [-0.05, 0) is 26.0 Å². The number of hydrogen-bond donors (Lipinski definition) is 1. The fourth-order valence-corrected chi connectivity index (χ4v) is 2.27. The van der Waals surface area contributed by atoms with E-state index in [1.165, 1.54) is 11.6 Å². The van der Waals surface area contributed by atoms with Crippen LogP contribution in [-0.4, -0.2) is 10.6 Å². The second-order valence-corrected chi connectivity index (χ2v) is 4.89. The Morgan fingerprint density at radius 3 is 3.00 bits per heavy atom. The summed E-state index contributed by atoms with van der Waals surface area (Å²) in [5, 5.41) is 0.693. The second kappa shape index (κ2) is 2.88. The van der Waals surface area contributed by atoms with Crippen molar-refractivity contribution in [3.63, 3.8) is 0 Å². The summed E-state index contributed by atoms with van der Waals surface area (Å²) in [5.74, 6) is 0.842. The Kier molecular flexibility index (Phi) is 1.70. The van der Waals surface area contributed by atoms with E-state index in [4.69, 9.17) is 4.74 Å². The van der Waals surface area contributed by atoms with Crippen molar-refractivity contribution in [2.75, 3.05) is 0 Å². The smallest absolute Gasteiger partial charge is 0.189 e. The molecule has 0 bridgehead atoms. The molecule has 0 amide bonds. The first kappa shape index (κ1) is 9.46. The molecule has 1 N–H and O–H groups in total. The predicted octanol–water partition coefficient (Wildman–Crippen LogP) is 2.24. The summed E-state index contributed by atoms with van der Waals surface area (Å²) in [6.45, 7) is 4.11. The van der Waals surface area contributed by atoms with Crippen molar-refractivity contribution in [1.82, 2.24) is 4.98 Å². The molecular formula is C13H13NO2. The van der Waals surface area contributed by atoms with Crippen LogP contribution in [0.4, 0.5) is 0 Å². The van der Waals surface area contributed by atoms with Gasteiger partial charge >= 0.3 is 0 Å². The van der Waals surface area contributed by atoms with Crippen LogP contribution < -0.4 is 10.2 Å². The van der Waals surface area contributed by atoms with Crippen molar-refractivity contribution in [2.24, 2.45) is 0 Å². The molecule has 0 saturated carbocycles. The van der Waals surface area contributed by atoms with Crippen LogP contribution >= 0.6 is 0 Å². The second-order valence-electron chi connectivity index (χ2n) is 4.89. The van der Waals surface area contributed by atoms with Crippen molar-refractivity contribution in [3.05, 3.63) is 40.2 Å². The molecule has 0 spiro atoms. The summed E-state index contributed by atoms with van der Waals surface area (Å²) in [7, 11) is 0. The van der Waals surface area contributed by atoms with Gasteiger partial charge in [-0.25, -0.2) is 0 Å². The van der Waals surface area contributed by atoms with Gasteiger partial charge in [0.2, 0.25) is 0 Å². The number of rotatable bonds is 0. The maximum absolute atomic E-state index is 11.7. The first-order valence-corrected chi connectivity index (χ1v) is 5.38. The Hall–Kier alpha value is -1.77. The van der Waals surface area contributed by atoms with Crippen LogP contribution in [0.2, 0.25) is 0 Å². The minimum Gasteiger partial charge on any atom is -0.487 e. The number of fused-ring (bicyclic) bond motifs is 2. The molecule has 0 aliphatic carbocycles. The van der Waals surface area contributed by atoms with E-state index in [0.717, 1.165) is 17.7 Å². The highest BCUT2D eigenvalue weighted by Gasteiger charge is 2.30. The molecule has 0 fully saturated rings. The Morgan fingerprint density at radius 1 is 1.38 bits per heavy atom. The summed E-state index contributed by atoms with van der Waals surface area (Å²) < 4.78 is 5.80. The average molecular weight is 215 g/mol. The standard InChI is InChI=1S/C13H13NO2/c1-13(2)7-8-5-10-9(6-12(8)16-13)11(15)3-4-14-10/h3-6H,7H2,1-2H3,(H,14,15). The van der Waals surface area contributed by atoms with E-state index in [-0.39, 0.29) is 11.0 Å². The van der Waals surface area contributed by atoms with Gasteiger partial charge in [0, 0.05) is 35.2 Å². The zero-order valence-corrected chi connectivity index (χ0v) is 9.33. The van der Waals surface area contributed by atoms with Gasteiger partial charge in [0.05, 0.1) is 0 Å². The lowest BCUT2D eigenvalue weighted by molar-refractivity contribution is 0.138. The topological polar surface area (TPSA) is 42.1 Å². The highest BCUT2D eigenvalue weighted by atomic mass is 16.5. The van der Waals surface area contributed by atoms with Crippen LogP contribution in [-0.2, 0) is 6.42 Å². The maximum Gasteiger partial charge on any atom is 0.189 e. The van der Waals surface area contributed by atoms with Gasteiger partial charge in [0.25, 0.3) is 0 Å². The van der Waals surface area contributed by atoms with E-state index >= 15 is 0 Å². The Labute approximate surface area is 93.1 Å². The molecule has 3 nitrogen and oxygen atoms in total. The van der Waals surface area contributed by atoms with Crippen LogP contribution in [0.5, 0.6) is 5.75 Å².